The second kappa shape index (κ2) is 9.42. The van der Waals surface area contributed by atoms with Crippen molar-refractivity contribution in [3.05, 3.63) is 64.7 Å². The molecule has 0 aliphatic rings. The van der Waals surface area contributed by atoms with Crippen molar-refractivity contribution in [2.45, 2.75) is 19.2 Å². The maximum atomic E-state index is 12.5. The van der Waals surface area contributed by atoms with Crippen LogP contribution in [0, 0.1) is 0 Å². The number of anilines is 1. The predicted octanol–water partition coefficient (Wildman–Crippen LogP) is 3.66. The maximum Gasteiger partial charge on any atom is 0.416 e. The van der Waals surface area contributed by atoms with Gasteiger partial charge in [-0.1, -0.05) is 11.6 Å². The predicted molar refractivity (Wildman–Crippen MR) is 99.4 cm³/mol. The molecule has 29 heavy (non-hydrogen) atoms. The van der Waals surface area contributed by atoms with E-state index in [1.165, 1.54) is 6.92 Å². The fourth-order valence-corrected chi connectivity index (χ4v) is 2.26. The first-order valence-corrected chi connectivity index (χ1v) is 8.65. The van der Waals surface area contributed by atoms with Crippen molar-refractivity contribution in [1.82, 2.24) is 5.32 Å². The summed E-state index contributed by atoms with van der Waals surface area (Å²) in [6.45, 7) is 0.791. The summed E-state index contributed by atoms with van der Waals surface area (Å²) in [7, 11) is 0. The summed E-state index contributed by atoms with van der Waals surface area (Å²) in [5.41, 5.74) is -0.494. The molecule has 154 valence electrons. The molecule has 0 bridgehead atoms. The lowest BCUT2D eigenvalue weighted by Crippen LogP contribution is -2.35. The van der Waals surface area contributed by atoms with Crippen molar-refractivity contribution in [3.63, 3.8) is 0 Å². The Balaban J connectivity index is 1.81. The molecule has 0 radical (unpaired) electrons. The van der Waals surface area contributed by atoms with Gasteiger partial charge in [-0.2, -0.15) is 13.2 Å². The Labute approximate surface area is 169 Å². The number of esters is 1. The van der Waals surface area contributed by atoms with Crippen molar-refractivity contribution in [2.75, 3.05) is 11.9 Å². The molecule has 0 aromatic heterocycles. The largest absolute Gasteiger partial charge is 0.451 e. The van der Waals surface area contributed by atoms with Gasteiger partial charge in [-0.25, -0.2) is 0 Å². The Kier molecular flexibility index (Phi) is 7.22. The van der Waals surface area contributed by atoms with Gasteiger partial charge in [-0.3, -0.25) is 14.4 Å². The third-order valence-electron chi connectivity index (χ3n) is 3.66. The highest BCUT2D eigenvalue weighted by atomic mass is 35.5. The van der Waals surface area contributed by atoms with Gasteiger partial charge in [0.2, 0.25) is 0 Å². The molecule has 0 spiro atoms. The highest BCUT2D eigenvalue weighted by Crippen LogP contribution is 2.29. The molecule has 2 N–H and O–H groups in total. The summed E-state index contributed by atoms with van der Waals surface area (Å²) in [6, 6.07) is 9.79. The maximum absolute atomic E-state index is 12.5. The average Bonchev–Trinajstić information content (AvgIpc) is 2.67. The normalized spacial score (nSPS) is 12.0. The Bertz CT molecular complexity index is 884. The number of alkyl halides is 3. The molecule has 0 saturated carbocycles. The van der Waals surface area contributed by atoms with E-state index in [4.69, 9.17) is 16.3 Å². The number of ether oxygens (including phenoxy) is 1. The topological polar surface area (TPSA) is 84.5 Å². The highest BCUT2D eigenvalue weighted by Gasteiger charge is 2.30. The summed E-state index contributed by atoms with van der Waals surface area (Å²) in [5.74, 6) is -2.23. The van der Waals surface area contributed by atoms with Crippen molar-refractivity contribution in [2.24, 2.45) is 0 Å². The molecule has 6 nitrogen and oxygen atoms in total. The monoisotopic (exact) mass is 428 g/mol. The van der Waals surface area contributed by atoms with Gasteiger partial charge in [0, 0.05) is 16.3 Å². The van der Waals surface area contributed by atoms with Crippen LogP contribution in [0.4, 0.5) is 18.9 Å². The van der Waals surface area contributed by atoms with Gasteiger partial charge in [0.1, 0.15) is 6.54 Å². The number of hydrogen-bond acceptors (Lipinski definition) is 4. The molecule has 0 saturated heterocycles. The van der Waals surface area contributed by atoms with E-state index in [2.05, 4.69) is 10.6 Å². The molecule has 1 atom stereocenters. The van der Waals surface area contributed by atoms with Crippen LogP contribution in [0.3, 0.4) is 0 Å². The van der Waals surface area contributed by atoms with E-state index >= 15 is 0 Å². The number of benzene rings is 2. The summed E-state index contributed by atoms with van der Waals surface area (Å²) in [6.07, 6.45) is -5.65. The lowest BCUT2D eigenvalue weighted by molar-refractivity contribution is -0.152. The van der Waals surface area contributed by atoms with E-state index in [0.29, 0.717) is 10.7 Å². The van der Waals surface area contributed by atoms with Crippen molar-refractivity contribution >= 4 is 35.1 Å². The SMILES string of the molecule is CC(OC(=O)CNC(=O)c1ccc(C(F)(F)F)cc1)C(=O)Nc1ccc(Cl)cc1. The van der Waals surface area contributed by atoms with Crippen LogP contribution in [0.5, 0.6) is 0 Å². The molecular weight excluding hydrogens is 413 g/mol. The number of nitrogens with one attached hydrogen (secondary N) is 2. The van der Waals surface area contributed by atoms with Crippen LogP contribution in [-0.4, -0.2) is 30.4 Å². The molecule has 0 heterocycles. The summed E-state index contributed by atoms with van der Waals surface area (Å²) in [5, 5.41) is 5.24. The fourth-order valence-electron chi connectivity index (χ4n) is 2.13. The Morgan fingerprint density at radius 1 is 1.03 bits per heavy atom. The average molecular weight is 429 g/mol. The first-order valence-electron chi connectivity index (χ1n) is 8.27. The van der Waals surface area contributed by atoms with Gasteiger partial charge in [-0.15, -0.1) is 0 Å². The van der Waals surface area contributed by atoms with Crippen LogP contribution in [0.15, 0.2) is 48.5 Å². The van der Waals surface area contributed by atoms with E-state index in [9.17, 15) is 27.6 Å². The van der Waals surface area contributed by atoms with Crippen molar-refractivity contribution < 1.29 is 32.3 Å². The van der Waals surface area contributed by atoms with E-state index < -0.39 is 42.2 Å². The van der Waals surface area contributed by atoms with Crippen LogP contribution in [0.2, 0.25) is 5.02 Å². The molecular formula is C19H16ClF3N2O4. The smallest absolute Gasteiger partial charge is 0.416 e. The molecule has 0 aliphatic heterocycles. The molecule has 2 amide bonds. The van der Waals surface area contributed by atoms with Crippen LogP contribution in [0.25, 0.3) is 0 Å². The van der Waals surface area contributed by atoms with Gasteiger partial charge in [0.25, 0.3) is 11.8 Å². The molecule has 2 aromatic rings. The third kappa shape index (κ3) is 6.79. The molecule has 2 rings (SSSR count). The lowest BCUT2D eigenvalue weighted by Gasteiger charge is -2.14. The number of rotatable bonds is 6. The Morgan fingerprint density at radius 2 is 1.62 bits per heavy atom. The Hall–Kier alpha value is -3.07. The quantitative estimate of drug-likeness (QED) is 0.688. The van der Waals surface area contributed by atoms with Crippen LogP contribution in [0.1, 0.15) is 22.8 Å². The van der Waals surface area contributed by atoms with Gasteiger partial charge < -0.3 is 15.4 Å². The van der Waals surface area contributed by atoms with Crippen molar-refractivity contribution in [1.29, 1.82) is 0 Å². The minimum Gasteiger partial charge on any atom is -0.451 e. The minimum atomic E-state index is -4.51. The lowest BCUT2D eigenvalue weighted by atomic mass is 10.1. The highest BCUT2D eigenvalue weighted by molar-refractivity contribution is 6.30. The van der Waals surface area contributed by atoms with E-state index in [1.54, 1.807) is 24.3 Å². The van der Waals surface area contributed by atoms with Gasteiger partial charge in [0.05, 0.1) is 5.56 Å². The second-order valence-electron chi connectivity index (χ2n) is 5.89. The van der Waals surface area contributed by atoms with Crippen LogP contribution < -0.4 is 10.6 Å². The number of amides is 2. The number of hydrogen-bond donors (Lipinski definition) is 2. The molecule has 2 aromatic carbocycles. The van der Waals surface area contributed by atoms with Gasteiger partial charge in [-0.05, 0) is 55.5 Å². The fraction of sp³-hybridized carbons (Fsp3) is 0.211. The summed E-state index contributed by atoms with van der Waals surface area (Å²) < 4.78 is 42.5. The number of carbonyl (C=O) groups is 3. The van der Waals surface area contributed by atoms with Gasteiger partial charge in [0.15, 0.2) is 6.10 Å². The van der Waals surface area contributed by atoms with Gasteiger partial charge >= 0.3 is 12.1 Å². The van der Waals surface area contributed by atoms with E-state index in [-0.39, 0.29) is 5.56 Å². The zero-order valence-corrected chi connectivity index (χ0v) is 15.8. The van der Waals surface area contributed by atoms with Crippen molar-refractivity contribution in [3.8, 4) is 0 Å². The molecule has 10 heteroatoms. The molecule has 0 aliphatic carbocycles. The minimum absolute atomic E-state index is 0.0562. The van der Waals surface area contributed by atoms with E-state index in [1.807, 2.05) is 0 Å². The van der Waals surface area contributed by atoms with Crippen LogP contribution >= 0.6 is 11.6 Å². The zero-order valence-electron chi connectivity index (χ0n) is 15.0. The van der Waals surface area contributed by atoms with Crippen LogP contribution in [-0.2, 0) is 20.5 Å². The molecule has 1 unspecified atom stereocenters. The molecule has 0 fully saturated rings. The Morgan fingerprint density at radius 3 is 2.17 bits per heavy atom. The standard InChI is InChI=1S/C19H16ClF3N2O4/c1-11(17(27)25-15-8-6-14(20)7-9-15)29-16(26)10-24-18(28)12-2-4-13(5-3-12)19(21,22)23/h2-9,11H,10H2,1H3,(H,24,28)(H,25,27). The first kappa shape index (κ1) is 22.2. The second-order valence-corrected chi connectivity index (χ2v) is 6.32. The first-order chi connectivity index (χ1) is 13.6. The summed E-state index contributed by atoms with van der Waals surface area (Å²) in [4.78, 5) is 35.7. The summed E-state index contributed by atoms with van der Waals surface area (Å²) >= 11 is 5.75. The zero-order chi connectivity index (χ0) is 21.6. The third-order valence-corrected chi connectivity index (χ3v) is 3.91. The number of halogens is 4. The number of carbonyl (C=O) groups excluding carboxylic acids is 3. The van der Waals surface area contributed by atoms with E-state index in [0.717, 1.165) is 24.3 Å².